The average Bonchev–Trinajstić information content (AvgIpc) is 2.70. The lowest BCUT2D eigenvalue weighted by Crippen LogP contribution is -2.28. The van der Waals surface area contributed by atoms with E-state index in [0.29, 0.717) is 5.75 Å². The zero-order valence-electron chi connectivity index (χ0n) is 15.8. The number of sulfonamides is 1. The third-order valence-corrected chi connectivity index (χ3v) is 5.62. The molecule has 0 saturated carbocycles. The van der Waals surface area contributed by atoms with Gasteiger partial charge in [-0.2, -0.15) is 0 Å². The van der Waals surface area contributed by atoms with E-state index in [2.05, 4.69) is 5.32 Å². The molecule has 0 heterocycles. The maximum atomic E-state index is 12.1. The van der Waals surface area contributed by atoms with Crippen LogP contribution in [-0.2, 0) is 26.1 Å². The average molecular weight is 406 g/mol. The molecular formula is C19H22N2O6S. The van der Waals surface area contributed by atoms with E-state index < -0.39 is 28.5 Å². The SMILES string of the molecule is COc1cccc(CNC(=O)COC(=O)c2cccc(S(=O)(=O)N(C)C)c2)c1. The molecule has 0 fully saturated rings. The minimum Gasteiger partial charge on any atom is -0.497 e. The Labute approximate surface area is 164 Å². The molecule has 2 aromatic carbocycles. The Morgan fingerprint density at radius 1 is 1.07 bits per heavy atom. The van der Waals surface area contributed by atoms with Gasteiger partial charge in [0, 0.05) is 20.6 Å². The van der Waals surface area contributed by atoms with Crippen molar-refractivity contribution < 1.29 is 27.5 Å². The highest BCUT2D eigenvalue weighted by Crippen LogP contribution is 2.15. The summed E-state index contributed by atoms with van der Waals surface area (Å²) >= 11 is 0. The Bertz CT molecular complexity index is 956. The zero-order valence-corrected chi connectivity index (χ0v) is 16.7. The third kappa shape index (κ3) is 5.54. The number of ether oxygens (including phenoxy) is 2. The second-order valence-electron chi connectivity index (χ2n) is 6.02. The number of rotatable bonds is 8. The third-order valence-electron chi connectivity index (χ3n) is 3.81. The van der Waals surface area contributed by atoms with Crippen LogP contribution in [0.5, 0.6) is 5.75 Å². The summed E-state index contributed by atoms with van der Waals surface area (Å²) in [5.41, 5.74) is 0.879. The van der Waals surface area contributed by atoms with Crippen LogP contribution in [-0.4, -0.2) is 52.4 Å². The van der Waals surface area contributed by atoms with Crippen LogP contribution in [0.3, 0.4) is 0 Å². The molecule has 28 heavy (non-hydrogen) atoms. The van der Waals surface area contributed by atoms with Gasteiger partial charge in [-0.1, -0.05) is 18.2 Å². The van der Waals surface area contributed by atoms with Crippen LogP contribution in [0.4, 0.5) is 0 Å². The standard InChI is InChI=1S/C19H22N2O6S/c1-21(2)28(24,25)17-9-5-7-15(11-17)19(23)27-13-18(22)20-12-14-6-4-8-16(10-14)26-3/h4-11H,12-13H2,1-3H3,(H,20,22). The molecule has 8 nitrogen and oxygen atoms in total. The number of benzene rings is 2. The molecule has 1 amide bonds. The zero-order chi connectivity index (χ0) is 20.7. The predicted octanol–water partition coefficient (Wildman–Crippen LogP) is 1.42. The number of amides is 1. The minimum absolute atomic E-state index is 0.0329. The molecule has 0 aliphatic rings. The molecule has 0 aliphatic carbocycles. The smallest absolute Gasteiger partial charge is 0.338 e. The molecule has 0 radical (unpaired) electrons. The molecule has 0 atom stereocenters. The van der Waals surface area contributed by atoms with Gasteiger partial charge < -0.3 is 14.8 Å². The quantitative estimate of drug-likeness (QED) is 0.665. The van der Waals surface area contributed by atoms with Gasteiger partial charge in [0.15, 0.2) is 6.61 Å². The lowest BCUT2D eigenvalue weighted by molar-refractivity contribution is -0.124. The van der Waals surface area contributed by atoms with Crippen LogP contribution in [0.25, 0.3) is 0 Å². The largest absolute Gasteiger partial charge is 0.497 e. The van der Waals surface area contributed by atoms with Gasteiger partial charge in [-0.25, -0.2) is 17.5 Å². The van der Waals surface area contributed by atoms with Crippen LogP contribution >= 0.6 is 0 Å². The number of carbonyl (C=O) groups is 2. The maximum absolute atomic E-state index is 12.1. The van der Waals surface area contributed by atoms with E-state index in [1.807, 2.05) is 6.07 Å². The first-order chi connectivity index (χ1) is 13.2. The lowest BCUT2D eigenvalue weighted by Gasteiger charge is -2.12. The summed E-state index contributed by atoms with van der Waals surface area (Å²) in [6.07, 6.45) is 0. The van der Waals surface area contributed by atoms with E-state index in [-0.39, 0.29) is 17.0 Å². The van der Waals surface area contributed by atoms with Gasteiger partial charge in [0.1, 0.15) is 5.75 Å². The summed E-state index contributed by atoms with van der Waals surface area (Å²) < 4.78 is 35.4. The van der Waals surface area contributed by atoms with E-state index in [1.165, 1.54) is 38.4 Å². The van der Waals surface area contributed by atoms with Crippen molar-refractivity contribution in [3.63, 3.8) is 0 Å². The number of nitrogens with one attached hydrogen (secondary N) is 1. The van der Waals surface area contributed by atoms with Gasteiger partial charge in [-0.3, -0.25) is 4.79 Å². The molecule has 0 aromatic heterocycles. The summed E-state index contributed by atoms with van der Waals surface area (Å²) in [4.78, 5) is 24.0. The first-order valence-electron chi connectivity index (χ1n) is 8.33. The fourth-order valence-corrected chi connectivity index (χ4v) is 3.19. The van der Waals surface area contributed by atoms with Crippen molar-refractivity contribution in [3.8, 4) is 5.75 Å². The van der Waals surface area contributed by atoms with Crippen LogP contribution < -0.4 is 10.1 Å². The van der Waals surface area contributed by atoms with E-state index in [4.69, 9.17) is 9.47 Å². The van der Waals surface area contributed by atoms with Crippen molar-refractivity contribution in [2.24, 2.45) is 0 Å². The first-order valence-corrected chi connectivity index (χ1v) is 9.77. The fourth-order valence-electron chi connectivity index (χ4n) is 2.24. The summed E-state index contributed by atoms with van der Waals surface area (Å²) in [5, 5.41) is 2.63. The molecule has 150 valence electrons. The summed E-state index contributed by atoms with van der Waals surface area (Å²) in [5.74, 6) is -0.591. The summed E-state index contributed by atoms with van der Waals surface area (Å²) in [6.45, 7) is -0.225. The molecule has 2 aromatic rings. The normalized spacial score (nSPS) is 11.1. The van der Waals surface area contributed by atoms with Gasteiger partial charge in [-0.15, -0.1) is 0 Å². The molecule has 0 aliphatic heterocycles. The Hall–Kier alpha value is -2.91. The molecule has 0 unspecified atom stereocenters. The Morgan fingerprint density at radius 3 is 2.46 bits per heavy atom. The van der Waals surface area contributed by atoms with E-state index in [9.17, 15) is 18.0 Å². The number of nitrogens with zero attached hydrogens (tertiary/aromatic N) is 1. The van der Waals surface area contributed by atoms with Crippen LogP contribution in [0.2, 0.25) is 0 Å². The molecule has 0 bridgehead atoms. The highest BCUT2D eigenvalue weighted by Gasteiger charge is 2.19. The van der Waals surface area contributed by atoms with Crippen molar-refractivity contribution in [3.05, 3.63) is 59.7 Å². The van der Waals surface area contributed by atoms with Gasteiger partial charge >= 0.3 is 5.97 Å². The second-order valence-corrected chi connectivity index (χ2v) is 8.17. The summed E-state index contributed by atoms with van der Waals surface area (Å²) in [7, 11) is 0.670. The van der Waals surface area contributed by atoms with E-state index >= 15 is 0 Å². The number of methoxy groups -OCH3 is 1. The minimum atomic E-state index is -3.67. The molecule has 1 N–H and O–H groups in total. The predicted molar refractivity (Wildman–Crippen MR) is 102 cm³/mol. The van der Waals surface area contributed by atoms with Crippen molar-refractivity contribution in [1.82, 2.24) is 9.62 Å². The number of carbonyl (C=O) groups excluding carboxylic acids is 2. The van der Waals surface area contributed by atoms with Crippen LogP contribution in [0.15, 0.2) is 53.4 Å². The van der Waals surface area contributed by atoms with Crippen LogP contribution in [0, 0.1) is 0 Å². The molecule has 0 spiro atoms. The van der Waals surface area contributed by atoms with Crippen molar-refractivity contribution in [2.75, 3.05) is 27.8 Å². The topological polar surface area (TPSA) is 102 Å². The van der Waals surface area contributed by atoms with Gasteiger partial charge in [0.2, 0.25) is 10.0 Å². The lowest BCUT2D eigenvalue weighted by atomic mass is 10.2. The van der Waals surface area contributed by atoms with Gasteiger partial charge in [0.25, 0.3) is 5.91 Å². The highest BCUT2D eigenvalue weighted by atomic mass is 32.2. The molecule has 9 heteroatoms. The van der Waals surface area contributed by atoms with E-state index in [1.54, 1.807) is 25.3 Å². The Kier molecular flexibility index (Phi) is 7.13. The summed E-state index contributed by atoms with van der Waals surface area (Å²) in [6, 6.07) is 12.7. The molecule has 0 saturated heterocycles. The van der Waals surface area contributed by atoms with Crippen molar-refractivity contribution in [1.29, 1.82) is 0 Å². The monoisotopic (exact) mass is 406 g/mol. The van der Waals surface area contributed by atoms with E-state index in [0.717, 1.165) is 9.87 Å². The van der Waals surface area contributed by atoms with Gasteiger partial charge in [-0.05, 0) is 35.9 Å². The number of hydrogen-bond donors (Lipinski definition) is 1. The Balaban J connectivity index is 1.92. The number of esters is 1. The second kappa shape index (κ2) is 9.34. The fraction of sp³-hybridized carbons (Fsp3) is 0.263. The van der Waals surface area contributed by atoms with Gasteiger partial charge in [0.05, 0.1) is 17.6 Å². The number of hydrogen-bond acceptors (Lipinski definition) is 6. The molecule has 2 rings (SSSR count). The first kappa shape index (κ1) is 21.4. The van der Waals surface area contributed by atoms with Crippen molar-refractivity contribution in [2.45, 2.75) is 11.4 Å². The molecular weight excluding hydrogens is 384 g/mol. The van der Waals surface area contributed by atoms with Crippen molar-refractivity contribution >= 4 is 21.9 Å². The maximum Gasteiger partial charge on any atom is 0.338 e. The highest BCUT2D eigenvalue weighted by molar-refractivity contribution is 7.89. The Morgan fingerprint density at radius 2 is 1.79 bits per heavy atom. The van der Waals surface area contributed by atoms with Crippen LogP contribution in [0.1, 0.15) is 15.9 Å².